The first-order chi connectivity index (χ1) is 20.8. The molecule has 10 nitrogen and oxygen atoms in total. The van der Waals surface area contributed by atoms with E-state index in [9.17, 15) is 18.5 Å². The largest absolute Gasteiger partial charge is 0.368 e. The molecule has 5 saturated carbocycles. The van der Waals surface area contributed by atoms with Crippen molar-refractivity contribution in [3.05, 3.63) is 42.6 Å². The normalized spacial score (nSPS) is 31.9. The molecule has 0 spiro atoms. The van der Waals surface area contributed by atoms with Gasteiger partial charge in [0.25, 0.3) is 0 Å². The summed E-state index contributed by atoms with van der Waals surface area (Å²) >= 11 is 0. The van der Waals surface area contributed by atoms with Gasteiger partial charge in [-0.1, -0.05) is 12.1 Å². The SMILES string of the molecule is N#CC12CC3C[C@H](C1)C(NC(=O)N1CCN(c4ccc(N5CCN(S(=O)(=O)C6CC6)CC5)cn4)c4ccccc41)[C@@H](C3)C2. The molecule has 1 N–H and O–H groups in total. The number of para-hydroxylation sites is 2. The molecule has 43 heavy (non-hydrogen) atoms. The number of piperazine rings is 1. The molecular formula is C32H39N7O3S. The summed E-state index contributed by atoms with van der Waals surface area (Å²) in [6.45, 7) is 3.53. The first kappa shape index (κ1) is 27.2. The minimum absolute atomic E-state index is 0.0401. The summed E-state index contributed by atoms with van der Waals surface area (Å²) in [5.74, 6) is 2.27. The molecule has 4 bridgehead atoms. The minimum atomic E-state index is -3.13. The van der Waals surface area contributed by atoms with Crippen LogP contribution in [-0.4, -0.2) is 74.3 Å². The quantitative estimate of drug-likeness (QED) is 0.550. The molecule has 11 heteroatoms. The van der Waals surface area contributed by atoms with Crippen molar-refractivity contribution in [2.24, 2.45) is 23.2 Å². The Hall–Kier alpha value is -3.36. The summed E-state index contributed by atoms with van der Waals surface area (Å²) in [6.07, 6.45) is 8.61. The maximum Gasteiger partial charge on any atom is 0.322 e. The van der Waals surface area contributed by atoms with E-state index in [-0.39, 0.29) is 22.7 Å². The van der Waals surface area contributed by atoms with Crippen LogP contribution in [0.25, 0.3) is 0 Å². The highest BCUT2D eigenvalue weighted by atomic mass is 32.2. The van der Waals surface area contributed by atoms with Gasteiger partial charge in [0, 0.05) is 45.3 Å². The number of fused-ring (bicyclic) bond motifs is 1. The summed E-state index contributed by atoms with van der Waals surface area (Å²) in [5.41, 5.74) is 2.66. The predicted octanol–water partition coefficient (Wildman–Crippen LogP) is 4.08. The lowest BCUT2D eigenvalue weighted by atomic mass is 9.48. The van der Waals surface area contributed by atoms with E-state index in [1.165, 1.54) is 0 Å². The number of pyridine rings is 1. The van der Waals surface area contributed by atoms with Gasteiger partial charge in [-0.25, -0.2) is 18.2 Å². The van der Waals surface area contributed by atoms with Crippen LogP contribution in [0.15, 0.2) is 42.6 Å². The van der Waals surface area contributed by atoms with Crippen LogP contribution in [-0.2, 0) is 10.0 Å². The smallest absolute Gasteiger partial charge is 0.322 e. The van der Waals surface area contributed by atoms with Crippen molar-refractivity contribution in [1.82, 2.24) is 14.6 Å². The van der Waals surface area contributed by atoms with Gasteiger partial charge in [0.1, 0.15) is 5.82 Å². The van der Waals surface area contributed by atoms with Crippen molar-refractivity contribution >= 4 is 38.9 Å². The fourth-order valence-electron chi connectivity index (χ4n) is 8.93. The van der Waals surface area contributed by atoms with Crippen molar-refractivity contribution in [3.63, 3.8) is 0 Å². The highest BCUT2D eigenvalue weighted by Crippen LogP contribution is 2.59. The molecule has 6 fully saturated rings. The molecule has 1 aromatic carbocycles. The molecule has 1 aromatic heterocycles. The Morgan fingerprint density at radius 3 is 2.30 bits per heavy atom. The topological polar surface area (TPSA) is 113 Å². The third-order valence-electron chi connectivity index (χ3n) is 11.0. The number of hydrogen-bond donors (Lipinski definition) is 1. The fraction of sp³-hybridized carbons (Fsp3) is 0.594. The zero-order valence-corrected chi connectivity index (χ0v) is 25.3. The van der Waals surface area contributed by atoms with E-state index in [1.807, 2.05) is 41.4 Å². The van der Waals surface area contributed by atoms with Crippen molar-refractivity contribution in [2.45, 2.75) is 56.2 Å². The van der Waals surface area contributed by atoms with E-state index in [1.54, 1.807) is 4.31 Å². The number of carbonyl (C=O) groups is 1. The molecule has 1 saturated heterocycles. The zero-order valence-electron chi connectivity index (χ0n) is 24.4. The van der Waals surface area contributed by atoms with Crippen LogP contribution in [0.4, 0.5) is 27.7 Å². The monoisotopic (exact) mass is 601 g/mol. The second kappa shape index (κ2) is 10.1. The maximum absolute atomic E-state index is 13.8. The Bertz CT molecular complexity index is 1550. The number of aromatic nitrogens is 1. The van der Waals surface area contributed by atoms with E-state index in [4.69, 9.17) is 4.98 Å². The highest BCUT2D eigenvalue weighted by Gasteiger charge is 2.56. The third kappa shape index (κ3) is 4.65. The maximum atomic E-state index is 13.8. The number of urea groups is 1. The van der Waals surface area contributed by atoms with Crippen molar-refractivity contribution < 1.29 is 13.2 Å². The Morgan fingerprint density at radius 2 is 1.65 bits per heavy atom. The Labute approximate surface area is 253 Å². The molecule has 2 amide bonds. The van der Waals surface area contributed by atoms with E-state index in [0.717, 1.165) is 67.8 Å². The van der Waals surface area contributed by atoms with Crippen molar-refractivity contribution in [2.75, 3.05) is 54.0 Å². The van der Waals surface area contributed by atoms with Gasteiger partial charge in [-0.3, -0.25) is 4.90 Å². The molecule has 9 rings (SSSR count). The average molecular weight is 602 g/mol. The van der Waals surface area contributed by atoms with Crippen LogP contribution in [0.1, 0.15) is 44.9 Å². The molecule has 5 atom stereocenters. The summed E-state index contributed by atoms with van der Waals surface area (Å²) in [4.78, 5) is 24.8. The Kier molecular flexibility index (Phi) is 6.39. The standard InChI is InChI=1S/C32H39N7O3S/c33-21-32-17-22-15-23(18-32)30(24(16-22)19-32)35-31(40)39-14-13-38(27-3-1-2-4-28(27)39)29-8-5-25(20-34-29)36-9-11-37(12-10-36)43(41,42)26-6-7-26/h1-5,8,20,22-24,26,30H,6-7,9-19H2,(H,35,40)/t22?,23-,24+,30?,32?. The molecular weight excluding hydrogens is 562 g/mol. The lowest BCUT2D eigenvalue weighted by molar-refractivity contribution is -0.0435. The number of sulfonamides is 1. The van der Waals surface area contributed by atoms with Gasteiger partial charge in [0.2, 0.25) is 10.0 Å². The Morgan fingerprint density at radius 1 is 0.930 bits per heavy atom. The molecule has 0 radical (unpaired) electrons. The number of carbonyl (C=O) groups excluding carboxylic acids is 1. The second-order valence-electron chi connectivity index (χ2n) is 13.6. The van der Waals surface area contributed by atoms with Crippen LogP contribution in [0.5, 0.6) is 0 Å². The van der Waals surface area contributed by atoms with Gasteiger partial charge in [0.15, 0.2) is 0 Å². The van der Waals surface area contributed by atoms with E-state index < -0.39 is 10.0 Å². The number of nitrogens with zero attached hydrogens (tertiary/aromatic N) is 6. The lowest BCUT2D eigenvalue weighted by Crippen LogP contribution is -2.61. The lowest BCUT2D eigenvalue weighted by Gasteiger charge is -2.57. The van der Waals surface area contributed by atoms with Gasteiger partial charge in [-0.15, -0.1) is 0 Å². The van der Waals surface area contributed by atoms with Crippen molar-refractivity contribution in [3.8, 4) is 6.07 Å². The Balaban J connectivity index is 0.947. The first-order valence-electron chi connectivity index (χ1n) is 15.9. The zero-order chi connectivity index (χ0) is 29.3. The number of hydrogen-bond acceptors (Lipinski definition) is 7. The number of rotatable bonds is 5. The van der Waals surface area contributed by atoms with Gasteiger partial charge < -0.3 is 15.1 Å². The molecule has 5 aliphatic carbocycles. The highest BCUT2D eigenvalue weighted by molar-refractivity contribution is 7.90. The van der Waals surface area contributed by atoms with Crippen LogP contribution < -0.4 is 20.0 Å². The van der Waals surface area contributed by atoms with Gasteiger partial charge >= 0.3 is 6.03 Å². The molecule has 3 heterocycles. The molecule has 2 aromatic rings. The summed E-state index contributed by atoms with van der Waals surface area (Å²) < 4.78 is 26.9. The van der Waals surface area contributed by atoms with Crippen LogP contribution in [0.3, 0.4) is 0 Å². The second-order valence-corrected chi connectivity index (χ2v) is 15.8. The molecule has 226 valence electrons. The van der Waals surface area contributed by atoms with Crippen LogP contribution >= 0.6 is 0 Å². The number of nitriles is 1. The fourth-order valence-corrected chi connectivity index (χ4v) is 10.8. The number of anilines is 4. The number of nitrogens with one attached hydrogen (secondary N) is 1. The molecule has 2 aliphatic heterocycles. The van der Waals surface area contributed by atoms with E-state index in [2.05, 4.69) is 27.3 Å². The van der Waals surface area contributed by atoms with Gasteiger partial charge in [-0.2, -0.15) is 9.57 Å². The predicted molar refractivity (Wildman–Crippen MR) is 165 cm³/mol. The van der Waals surface area contributed by atoms with Crippen LogP contribution in [0, 0.1) is 34.5 Å². The summed E-state index contributed by atoms with van der Waals surface area (Å²) in [5, 5.41) is 13.2. The van der Waals surface area contributed by atoms with Crippen LogP contribution in [0.2, 0.25) is 0 Å². The van der Waals surface area contributed by atoms with E-state index >= 15 is 0 Å². The number of amides is 2. The minimum Gasteiger partial charge on any atom is -0.368 e. The third-order valence-corrected chi connectivity index (χ3v) is 13.4. The first-order valence-corrected chi connectivity index (χ1v) is 17.4. The van der Waals surface area contributed by atoms with Gasteiger partial charge in [-0.05, 0) is 87.0 Å². The molecule has 3 unspecified atom stereocenters. The summed E-state index contributed by atoms with van der Waals surface area (Å²) in [7, 11) is -3.13. The average Bonchev–Trinajstić information content (AvgIpc) is 3.89. The number of benzene rings is 1. The van der Waals surface area contributed by atoms with Crippen molar-refractivity contribution in [1.29, 1.82) is 5.26 Å². The molecule has 7 aliphatic rings. The summed E-state index contributed by atoms with van der Waals surface area (Å²) in [6, 6.07) is 14.9. The van der Waals surface area contributed by atoms with Gasteiger partial charge in [0.05, 0.1) is 40.0 Å². The van der Waals surface area contributed by atoms with E-state index in [0.29, 0.717) is 57.0 Å².